The Labute approximate surface area is 171 Å². The summed E-state index contributed by atoms with van der Waals surface area (Å²) in [7, 11) is 1.84. The lowest BCUT2D eigenvalue weighted by Crippen LogP contribution is -2.44. The Bertz CT molecular complexity index is 366. The lowest BCUT2D eigenvalue weighted by molar-refractivity contribution is 0.0277. The first-order valence-electron chi connectivity index (χ1n) is 10.0. The van der Waals surface area contributed by atoms with Gasteiger partial charge in [-0.2, -0.15) is 0 Å². The molecule has 0 aliphatic heterocycles. The van der Waals surface area contributed by atoms with Crippen molar-refractivity contribution in [3.8, 4) is 0 Å². The van der Waals surface area contributed by atoms with Crippen molar-refractivity contribution >= 4 is 29.9 Å². The molecule has 2 saturated carbocycles. The van der Waals surface area contributed by atoms with E-state index in [9.17, 15) is 0 Å². The minimum absolute atomic E-state index is 0. The zero-order chi connectivity index (χ0) is 17.2. The molecule has 2 aliphatic rings. The number of guanidine groups is 1. The number of nitrogens with one attached hydrogen (secondary N) is 2. The van der Waals surface area contributed by atoms with Crippen molar-refractivity contribution in [3.63, 3.8) is 0 Å². The number of halogens is 1. The molecule has 0 spiro atoms. The Kier molecular flexibility index (Phi) is 12.1. The van der Waals surface area contributed by atoms with Crippen LogP contribution in [0.5, 0.6) is 0 Å². The Morgan fingerprint density at radius 3 is 2.36 bits per heavy atom. The zero-order valence-corrected chi connectivity index (χ0v) is 18.8. The molecule has 2 N–H and O–H groups in total. The van der Waals surface area contributed by atoms with Crippen LogP contribution in [-0.4, -0.2) is 62.3 Å². The van der Waals surface area contributed by atoms with Gasteiger partial charge in [0.2, 0.25) is 0 Å². The molecule has 2 rings (SSSR count). The quantitative estimate of drug-likeness (QED) is 0.224. The van der Waals surface area contributed by atoms with Gasteiger partial charge in [-0.1, -0.05) is 19.3 Å². The first-order chi connectivity index (χ1) is 11.7. The second-order valence-electron chi connectivity index (χ2n) is 7.47. The van der Waals surface area contributed by atoms with Gasteiger partial charge in [0.1, 0.15) is 0 Å². The molecule has 2 aliphatic carbocycles. The third kappa shape index (κ3) is 9.43. The molecule has 2 fully saturated rings. The average Bonchev–Trinajstić information content (AvgIpc) is 3.42. The summed E-state index contributed by atoms with van der Waals surface area (Å²) in [5.41, 5.74) is 0. The molecule has 0 aromatic rings. The summed E-state index contributed by atoms with van der Waals surface area (Å²) in [5.74, 6) is 0.909. The molecular weight excluding hydrogens is 427 g/mol. The van der Waals surface area contributed by atoms with E-state index in [1.54, 1.807) is 0 Å². The van der Waals surface area contributed by atoms with Crippen molar-refractivity contribution in [3.05, 3.63) is 0 Å². The topological polar surface area (TPSA) is 48.9 Å². The second-order valence-corrected chi connectivity index (χ2v) is 7.47. The highest BCUT2D eigenvalue weighted by Gasteiger charge is 2.30. The molecule has 0 heterocycles. The molecule has 5 nitrogen and oxygen atoms in total. The summed E-state index contributed by atoms with van der Waals surface area (Å²) in [6.45, 7) is 8.40. The fraction of sp³-hybridized carbons (Fsp3) is 0.947. The van der Waals surface area contributed by atoms with E-state index in [0.717, 1.165) is 44.7 Å². The highest BCUT2D eigenvalue weighted by Crippen LogP contribution is 2.27. The maximum atomic E-state index is 5.96. The van der Waals surface area contributed by atoms with Crippen molar-refractivity contribution in [2.24, 2.45) is 4.99 Å². The van der Waals surface area contributed by atoms with Crippen molar-refractivity contribution in [1.29, 1.82) is 0 Å². The van der Waals surface area contributed by atoms with Crippen LogP contribution < -0.4 is 10.6 Å². The van der Waals surface area contributed by atoms with Gasteiger partial charge in [-0.3, -0.25) is 9.89 Å². The van der Waals surface area contributed by atoms with Crippen LogP contribution in [-0.2, 0) is 4.74 Å². The van der Waals surface area contributed by atoms with E-state index in [2.05, 4.69) is 34.4 Å². The average molecular weight is 466 g/mol. The molecule has 0 atom stereocenters. The van der Waals surface area contributed by atoms with E-state index in [0.29, 0.717) is 12.1 Å². The third-order valence-corrected chi connectivity index (χ3v) is 5.08. The molecular formula is C19H39IN4O. The SMILES string of the molecule is CN=C(NCCCOC1CCCCC1)NCCN(C(C)C)C1CC1.I. The highest BCUT2D eigenvalue weighted by atomic mass is 127. The van der Waals surface area contributed by atoms with E-state index in [-0.39, 0.29) is 24.0 Å². The summed E-state index contributed by atoms with van der Waals surface area (Å²) >= 11 is 0. The van der Waals surface area contributed by atoms with Crippen LogP contribution in [0.25, 0.3) is 0 Å². The predicted molar refractivity (Wildman–Crippen MR) is 117 cm³/mol. The van der Waals surface area contributed by atoms with Crippen molar-refractivity contribution < 1.29 is 4.74 Å². The molecule has 0 unspecified atom stereocenters. The molecule has 148 valence electrons. The smallest absolute Gasteiger partial charge is 0.191 e. The van der Waals surface area contributed by atoms with Crippen LogP contribution in [0.4, 0.5) is 0 Å². The predicted octanol–water partition coefficient (Wildman–Crippen LogP) is 3.38. The highest BCUT2D eigenvalue weighted by molar-refractivity contribution is 14.0. The molecule has 0 radical (unpaired) electrons. The molecule has 6 heteroatoms. The summed E-state index contributed by atoms with van der Waals surface area (Å²) in [6, 6.07) is 1.45. The van der Waals surface area contributed by atoms with Crippen molar-refractivity contribution in [2.45, 2.75) is 83.4 Å². The van der Waals surface area contributed by atoms with Crippen LogP contribution >= 0.6 is 24.0 Å². The second kappa shape index (κ2) is 13.1. The first-order valence-corrected chi connectivity index (χ1v) is 10.0. The summed E-state index contributed by atoms with van der Waals surface area (Å²) < 4.78 is 5.96. The van der Waals surface area contributed by atoms with Gasteiger partial charge >= 0.3 is 0 Å². The minimum Gasteiger partial charge on any atom is -0.378 e. The number of ether oxygens (including phenoxy) is 1. The minimum atomic E-state index is 0. The van der Waals surface area contributed by atoms with Crippen LogP contribution in [0, 0.1) is 0 Å². The van der Waals surface area contributed by atoms with Gasteiger partial charge in [0.25, 0.3) is 0 Å². The van der Waals surface area contributed by atoms with Crippen molar-refractivity contribution in [2.75, 3.05) is 33.3 Å². The van der Waals surface area contributed by atoms with Crippen LogP contribution in [0.15, 0.2) is 4.99 Å². The standard InChI is InChI=1S/C19H38N4O.HI/c1-16(2)23(17-10-11-17)14-13-22-19(20-3)21-12-7-15-24-18-8-5-4-6-9-18;/h16-18H,4-15H2,1-3H3,(H2,20,21,22);1H. The number of rotatable bonds is 10. The van der Waals surface area contributed by atoms with E-state index < -0.39 is 0 Å². The fourth-order valence-corrected chi connectivity index (χ4v) is 3.55. The Morgan fingerprint density at radius 1 is 1.08 bits per heavy atom. The van der Waals surface area contributed by atoms with Crippen LogP contribution in [0.1, 0.15) is 65.2 Å². The van der Waals surface area contributed by atoms with E-state index >= 15 is 0 Å². The number of nitrogens with zero attached hydrogens (tertiary/aromatic N) is 2. The van der Waals surface area contributed by atoms with Crippen LogP contribution in [0.3, 0.4) is 0 Å². The number of aliphatic imine (C=N–C) groups is 1. The van der Waals surface area contributed by atoms with Crippen LogP contribution in [0.2, 0.25) is 0 Å². The number of hydrogen-bond donors (Lipinski definition) is 2. The van der Waals surface area contributed by atoms with Gasteiger partial charge in [-0.25, -0.2) is 0 Å². The van der Waals surface area contributed by atoms with Gasteiger partial charge in [-0.15, -0.1) is 24.0 Å². The largest absolute Gasteiger partial charge is 0.378 e. The normalized spacial score (nSPS) is 19.2. The molecule has 0 bridgehead atoms. The lowest BCUT2D eigenvalue weighted by atomic mass is 9.98. The maximum Gasteiger partial charge on any atom is 0.191 e. The van der Waals surface area contributed by atoms with Gasteiger partial charge in [0.15, 0.2) is 5.96 Å². The van der Waals surface area contributed by atoms with E-state index in [1.807, 2.05) is 7.05 Å². The molecule has 0 aromatic carbocycles. The van der Waals surface area contributed by atoms with Gasteiger partial charge < -0.3 is 15.4 Å². The molecule has 0 saturated heterocycles. The molecule has 0 amide bonds. The Morgan fingerprint density at radius 2 is 1.76 bits per heavy atom. The van der Waals surface area contributed by atoms with Gasteiger partial charge in [0, 0.05) is 45.4 Å². The van der Waals surface area contributed by atoms with Gasteiger partial charge in [0.05, 0.1) is 6.10 Å². The summed E-state index contributed by atoms with van der Waals surface area (Å²) in [4.78, 5) is 6.91. The van der Waals surface area contributed by atoms with E-state index in [1.165, 1.54) is 44.9 Å². The fourth-order valence-electron chi connectivity index (χ4n) is 3.55. The molecule has 25 heavy (non-hydrogen) atoms. The first kappa shape index (κ1) is 23.0. The Hall–Kier alpha value is -0.0800. The third-order valence-electron chi connectivity index (χ3n) is 5.08. The lowest BCUT2D eigenvalue weighted by Gasteiger charge is -2.26. The van der Waals surface area contributed by atoms with E-state index in [4.69, 9.17) is 4.74 Å². The zero-order valence-electron chi connectivity index (χ0n) is 16.4. The summed E-state index contributed by atoms with van der Waals surface area (Å²) in [6.07, 6.45) is 10.9. The maximum absolute atomic E-state index is 5.96. The Balaban J connectivity index is 0.00000312. The van der Waals surface area contributed by atoms with Crippen molar-refractivity contribution in [1.82, 2.24) is 15.5 Å². The summed E-state index contributed by atoms with van der Waals surface area (Å²) in [5, 5.41) is 6.83. The molecule has 0 aromatic heterocycles. The number of hydrogen-bond acceptors (Lipinski definition) is 3. The van der Waals surface area contributed by atoms with Gasteiger partial charge in [-0.05, 0) is 46.0 Å². The monoisotopic (exact) mass is 466 g/mol.